The van der Waals surface area contributed by atoms with Crippen LogP contribution in [0.1, 0.15) is 32.6 Å². The van der Waals surface area contributed by atoms with Crippen molar-refractivity contribution < 1.29 is 4.74 Å². The predicted molar refractivity (Wildman–Crippen MR) is 106 cm³/mol. The maximum atomic E-state index is 5.64. The highest BCUT2D eigenvalue weighted by molar-refractivity contribution is 8.01. The second kappa shape index (κ2) is 9.40. The molecule has 1 atom stereocenters. The second-order valence-corrected chi connectivity index (χ2v) is 8.51. The number of aromatic nitrogens is 2. The SMILES string of the molecule is CCOc1ccccc1Nc1nnc(SCC[C@@H]2CCCCN2C)s1. The van der Waals surface area contributed by atoms with Crippen molar-refractivity contribution in [2.45, 2.75) is 43.0 Å². The van der Waals surface area contributed by atoms with Crippen LogP contribution in [0.3, 0.4) is 0 Å². The summed E-state index contributed by atoms with van der Waals surface area (Å²) in [6.07, 6.45) is 5.26. The van der Waals surface area contributed by atoms with Crippen molar-refractivity contribution in [3.05, 3.63) is 24.3 Å². The molecule has 0 bridgehead atoms. The van der Waals surface area contributed by atoms with Crippen LogP contribution in [-0.4, -0.2) is 47.1 Å². The third-order valence-corrected chi connectivity index (χ3v) is 6.44. The topological polar surface area (TPSA) is 50.3 Å². The Labute approximate surface area is 158 Å². The van der Waals surface area contributed by atoms with E-state index in [-0.39, 0.29) is 0 Å². The molecule has 1 fully saturated rings. The predicted octanol–water partition coefficient (Wildman–Crippen LogP) is 4.65. The molecule has 0 saturated carbocycles. The van der Waals surface area contributed by atoms with Crippen molar-refractivity contribution in [2.24, 2.45) is 0 Å². The van der Waals surface area contributed by atoms with Gasteiger partial charge in [-0.2, -0.15) is 0 Å². The lowest BCUT2D eigenvalue weighted by Gasteiger charge is -2.32. The Hall–Kier alpha value is -1.31. The average Bonchev–Trinajstić information content (AvgIpc) is 3.06. The number of piperidine rings is 1. The van der Waals surface area contributed by atoms with Gasteiger partial charge in [-0.25, -0.2) is 0 Å². The third kappa shape index (κ3) is 5.33. The molecule has 1 aliphatic rings. The number of likely N-dealkylation sites (tertiary alicyclic amines) is 1. The van der Waals surface area contributed by atoms with Gasteiger partial charge in [-0.3, -0.25) is 0 Å². The highest BCUT2D eigenvalue weighted by atomic mass is 32.2. The summed E-state index contributed by atoms with van der Waals surface area (Å²) in [5, 5.41) is 12.7. The van der Waals surface area contributed by atoms with E-state index in [1.165, 1.54) is 32.2 Å². The summed E-state index contributed by atoms with van der Waals surface area (Å²) < 4.78 is 6.67. The molecule has 0 spiro atoms. The molecule has 136 valence electrons. The van der Waals surface area contributed by atoms with Crippen LogP contribution in [0.4, 0.5) is 10.8 Å². The number of anilines is 2. The summed E-state index contributed by atoms with van der Waals surface area (Å²) in [6.45, 7) is 3.87. The highest BCUT2D eigenvalue weighted by Gasteiger charge is 2.18. The second-order valence-electron chi connectivity index (χ2n) is 6.19. The minimum Gasteiger partial charge on any atom is -0.492 e. The Balaban J connectivity index is 1.51. The number of thioether (sulfide) groups is 1. The Morgan fingerprint density at radius 3 is 3.04 bits per heavy atom. The van der Waals surface area contributed by atoms with Gasteiger partial charge < -0.3 is 15.0 Å². The minimum atomic E-state index is 0.644. The summed E-state index contributed by atoms with van der Waals surface area (Å²) in [5.74, 6) is 1.94. The Morgan fingerprint density at radius 2 is 2.20 bits per heavy atom. The normalized spacial score (nSPS) is 18.2. The average molecular weight is 379 g/mol. The zero-order chi connectivity index (χ0) is 17.5. The number of hydrogen-bond donors (Lipinski definition) is 1. The van der Waals surface area contributed by atoms with Crippen molar-refractivity contribution >= 4 is 33.9 Å². The van der Waals surface area contributed by atoms with E-state index in [0.717, 1.165) is 32.7 Å². The van der Waals surface area contributed by atoms with Crippen molar-refractivity contribution in [1.29, 1.82) is 0 Å². The van der Waals surface area contributed by atoms with E-state index in [4.69, 9.17) is 4.74 Å². The van der Waals surface area contributed by atoms with Crippen LogP contribution in [0.5, 0.6) is 5.75 Å². The fourth-order valence-corrected chi connectivity index (χ4v) is 4.95. The van der Waals surface area contributed by atoms with Gasteiger partial charge in [0.1, 0.15) is 5.75 Å². The van der Waals surface area contributed by atoms with Crippen LogP contribution in [0, 0.1) is 0 Å². The summed E-state index contributed by atoms with van der Waals surface area (Å²) in [5.41, 5.74) is 0.931. The summed E-state index contributed by atoms with van der Waals surface area (Å²) in [7, 11) is 2.25. The van der Waals surface area contributed by atoms with Crippen LogP contribution in [-0.2, 0) is 0 Å². The maximum absolute atomic E-state index is 5.64. The summed E-state index contributed by atoms with van der Waals surface area (Å²) in [4.78, 5) is 2.50. The van der Waals surface area contributed by atoms with Crippen LogP contribution < -0.4 is 10.1 Å². The number of nitrogens with one attached hydrogen (secondary N) is 1. The van der Waals surface area contributed by atoms with Crippen molar-refractivity contribution in [2.75, 3.05) is 31.3 Å². The molecule has 1 aliphatic heterocycles. The summed E-state index contributed by atoms with van der Waals surface area (Å²) >= 11 is 3.41. The lowest BCUT2D eigenvalue weighted by Crippen LogP contribution is -2.36. The van der Waals surface area contributed by atoms with Crippen LogP contribution in [0.2, 0.25) is 0 Å². The Bertz CT molecular complexity index is 664. The zero-order valence-corrected chi connectivity index (χ0v) is 16.5. The quantitative estimate of drug-likeness (QED) is 0.675. The standard InChI is InChI=1S/C18H26N4OS2/c1-3-23-16-10-5-4-9-15(16)19-17-20-21-18(25-17)24-13-11-14-8-6-7-12-22(14)2/h4-5,9-10,14H,3,6-8,11-13H2,1-2H3,(H,19,20)/t14-/m0/s1. The minimum absolute atomic E-state index is 0.644. The molecule has 25 heavy (non-hydrogen) atoms. The van der Waals surface area contributed by atoms with E-state index in [1.54, 1.807) is 11.3 Å². The smallest absolute Gasteiger partial charge is 0.210 e. The van der Waals surface area contributed by atoms with Gasteiger partial charge in [-0.15, -0.1) is 10.2 Å². The van der Waals surface area contributed by atoms with Crippen LogP contribution in [0.25, 0.3) is 0 Å². The monoisotopic (exact) mass is 378 g/mol. The van der Waals surface area contributed by atoms with Gasteiger partial charge in [-0.05, 0) is 51.9 Å². The number of hydrogen-bond acceptors (Lipinski definition) is 7. The van der Waals surface area contributed by atoms with Crippen molar-refractivity contribution in [3.63, 3.8) is 0 Å². The van der Waals surface area contributed by atoms with E-state index in [2.05, 4.69) is 27.5 Å². The van der Waals surface area contributed by atoms with Gasteiger partial charge in [0.05, 0.1) is 12.3 Å². The molecule has 1 aromatic heterocycles. The molecule has 1 saturated heterocycles. The van der Waals surface area contributed by atoms with Gasteiger partial charge in [0.15, 0.2) is 4.34 Å². The molecular formula is C18H26N4OS2. The number of ether oxygens (including phenoxy) is 1. The summed E-state index contributed by atoms with van der Waals surface area (Å²) in [6, 6.07) is 8.65. The number of benzene rings is 1. The van der Waals surface area contributed by atoms with Crippen molar-refractivity contribution in [3.8, 4) is 5.75 Å². The maximum Gasteiger partial charge on any atom is 0.210 e. The molecule has 0 aliphatic carbocycles. The van der Waals surface area contributed by atoms with Crippen molar-refractivity contribution in [1.82, 2.24) is 15.1 Å². The third-order valence-electron chi connectivity index (χ3n) is 4.43. The first-order valence-corrected chi connectivity index (χ1v) is 10.7. The molecule has 2 heterocycles. The lowest BCUT2D eigenvalue weighted by molar-refractivity contribution is 0.182. The molecule has 1 N–H and O–H groups in total. The molecule has 3 rings (SSSR count). The molecular weight excluding hydrogens is 352 g/mol. The lowest BCUT2D eigenvalue weighted by atomic mass is 10.0. The van der Waals surface area contributed by atoms with Gasteiger partial charge in [0.2, 0.25) is 5.13 Å². The Morgan fingerprint density at radius 1 is 1.32 bits per heavy atom. The molecule has 0 radical (unpaired) electrons. The van der Waals surface area contributed by atoms with Crippen LogP contribution >= 0.6 is 23.1 Å². The Kier molecular flexibility index (Phi) is 6.95. The number of rotatable bonds is 8. The van der Waals surface area contributed by atoms with E-state index in [1.807, 2.05) is 43.0 Å². The number of para-hydroxylation sites is 2. The largest absolute Gasteiger partial charge is 0.492 e. The van der Waals surface area contributed by atoms with E-state index >= 15 is 0 Å². The molecule has 5 nitrogen and oxygen atoms in total. The zero-order valence-electron chi connectivity index (χ0n) is 14.9. The van der Waals surface area contributed by atoms with E-state index < -0.39 is 0 Å². The fraction of sp³-hybridized carbons (Fsp3) is 0.556. The molecule has 0 unspecified atom stereocenters. The highest BCUT2D eigenvalue weighted by Crippen LogP contribution is 2.32. The first-order chi connectivity index (χ1) is 12.3. The van der Waals surface area contributed by atoms with Gasteiger partial charge in [0.25, 0.3) is 0 Å². The fourth-order valence-electron chi connectivity index (χ4n) is 3.08. The first-order valence-electron chi connectivity index (χ1n) is 8.91. The van der Waals surface area contributed by atoms with E-state index in [9.17, 15) is 0 Å². The molecule has 7 heteroatoms. The van der Waals surface area contributed by atoms with Gasteiger partial charge >= 0.3 is 0 Å². The van der Waals surface area contributed by atoms with E-state index in [0.29, 0.717) is 6.61 Å². The molecule has 2 aromatic rings. The van der Waals surface area contributed by atoms with Crippen LogP contribution in [0.15, 0.2) is 28.6 Å². The first kappa shape index (κ1) is 18.5. The number of nitrogens with zero attached hydrogens (tertiary/aromatic N) is 3. The molecule has 0 amide bonds. The van der Waals surface area contributed by atoms with Gasteiger partial charge in [0, 0.05) is 11.8 Å². The molecule has 1 aromatic carbocycles. The van der Waals surface area contributed by atoms with Gasteiger partial charge in [-0.1, -0.05) is 41.7 Å².